The minimum absolute atomic E-state index is 0.248. The lowest BCUT2D eigenvalue weighted by Gasteiger charge is -2.10. The highest BCUT2D eigenvalue weighted by Gasteiger charge is 2.03. The van der Waals surface area contributed by atoms with Crippen molar-refractivity contribution in [2.24, 2.45) is 0 Å². The van der Waals surface area contributed by atoms with Crippen molar-refractivity contribution in [3.63, 3.8) is 0 Å². The van der Waals surface area contributed by atoms with Crippen molar-refractivity contribution in [2.45, 2.75) is 13.5 Å². The van der Waals surface area contributed by atoms with Gasteiger partial charge in [-0.1, -0.05) is 12.1 Å². The Hall–Kier alpha value is -2.93. The predicted molar refractivity (Wildman–Crippen MR) is 105 cm³/mol. The van der Waals surface area contributed by atoms with E-state index in [9.17, 15) is 4.39 Å². The molecule has 26 heavy (non-hydrogen) atoms. The summed E-state index contributed by atoms with van der Waals surface area (Å²) < 4.78 is 20.1. The second kappa shape index (κ2) is 8.44. The maximum Gasteiger partial charge on any atom is 0.175 e. The van der Waals surface area contributed by atoms with E-state index in [1.807, 2.05) is 37.4 Å². The van der Waals surface area contributed by atoms with Gasteiger partial charge in [0.05, 0.1) is 25.0 Å². The Morgan fingerprint density at radius 3 is 2.46 bits per heavy atom. The van der Waals surface area contributed by atoms with E-state index in [0.29, 0.717) is 18.3 Å². The molecule has 0 aliphatic rings. The van der Waals surface area contributed by atoms with Crippen LogP contribution in [0.2, 0.25) is 0 Å². The van der Waals surface area contributed by atoms with E-state index in [2.05, 4.69) is 15.7 Å². The Balaban J connectivity index is 1.54. The smallest absolute Gasteiger partial charge is 0.175 e. The molecule has 134 valence electrons. The number of anilines is 2. The van der Waals surface area contributed by atoms with E-state index in [4.69, 9.17) is 17.0 Å². The van der Waals surface area contributed by atoms with Crippen LogP contribution in [0.5, 0.6) is 5.75 Å². The Kier molecular flexibility index (Phi) is 5.80. The Bertz CT molecular complexity index is 862. The molecule has 1 aromatic heterocycles. The molecule has 0 saturated heterocycles. The molecule has 0 radical (unpaired) electrons. The molecule has 7 heteroatoms. The summed E-state index contributed by atoms with van der Waals surface area (Å²) in [5.41, 5.74) is 2.61. The third-order valence-electron chi connectivity index (χ3n) is 3.57. The van der Waals surface area contributed by atoms with E-state index in [1.165, 1.54) is 12.1 Å². The largest absolute Gasteiger partial charge is 0.494 e. The van der Waals surface area contributed by atoms with Gasteiger partial charge >= 0.3 is 0 Å². The Morgan fingerprint density at radius 1 is 1.08 bits per heavy atom. The molecule has 1 heterocycles. The molecular weight excluding hydrogens is 351 g/mol. The van der Waals surface area contributed by atoms with E-state index in [-0.39, 0.29) is 5.82 Å². The van der Waals surface area contributed by atoms with Gasteiger partial charge in [0.1, 0.15) is 11.6 Å². The molecule has 0 aliphatic carbocycles. The molecule has 3 rings (SSSR count). The highest BCUT2D eigenvalue weighted by molar-refractivity contribution is 7.80. The number of rotatable bonds is 6. The third kappa shape index (κ3) is 5.03. The molecule has 5 nitrogen and oxygen atoms in total. The monoisotopic (exact) mass is 370 g/mol. The fraction of sp³-hybridized carbons (Fsp3) is 0.158. The van der Waals surface area contributed by atoms with Crippen LogP contribution in [0.3, 0.4) is 0 Å². The lowest BCUT2D eigenvalue weighted by Crippen LogP contribution is -2.18. The zero-order valence-corrected chi connectivity index (χ0v) is 15.1. The first-order valence-electron chi connectivity index (χ1n) is 8.20. The van der Waals surface area contributed by atoms with Crippen molar-refractivity contribution in [2.75, 3.05) is 17.2 Å². The first-order valence-corrected chi connectivity index (χ1v) is 8.61. The molecule has 0 saturated carbocycles. The number of hydrogen-bond acceptors (Lipinski definition) is 3. The van der Waals surface area contributed by atoms with Gasteiger partial charge in [-0.2, -0.15) is 5.10 Å². The summed E-state index contributed by atoms with van der Waals surface area (Å²) in [5.74, 6) is 0.571. The summed E-state index contributed by atoms with van der Waals surface area (Å²) in [6.45, 7) is 3.14. The van der Waals surface area contributed by atoms with E-state index < -0.39 is 0 Å². The van der Waals surface area contributed by atoms with E-state index >= 15 is 0 Å². The van der Waals surface area contributed by atoms with Crippen molar-refractivity contribution in [1.29, 1.82) is 0 Å². The van der Waals surface area contributed by atoms with Gasteiger partial charge in [-0.05, 0) is 61.1 Å². The topological polar surface area (TPSA) is 51.1 Å². The van der Waals surface area contributed by atoms with Crippen molar-refractivity contribution in [3.8, 4) is 5.75 Å². The van der Waals surface area contributed by atoms with Crippen LogP contribution >= 0.6 is 12.2 Å². The van der Waals surface area contributed by atoms with Crippen LogP contribution in [0.15, 0.2) is 60.9 Å². The highest BCUT2D eigenvalue weighted by Crippen LogP contribution is 2.16. The molecule has 0 unspecified atom stereocenters. The van der Waals surface area contributed by atoms with Crippen LogP contribution in [0.1, 0.15) is 12.5 Å². The summed E-state index contributed by atoms with van der Waals surface area (Å²) in [5, 5.41) is 11.0. The quantitative estimate of drug-likeness (QED) is 0.635. The molecule has 3 aromatic rings. The number of halogens is 1. The van der Waals surface area contributed by atoms with Gasteiger partial charge in [0.15, 0.2) is 5.11 Å². The van der Waals surface area contributed by atoms with Crippen molar-refractivity contribution < 1.29 is 9.13 Å². The number of aromatic nitrogens is 2. The van der Waals surface area contributed by atoms with Crippen molar-refractivity contribution in [1.82, 2.24) is 9.78 Å². The molecular formula is C19H19FN4OS. The average Bonchev–Trinajstić information content (AvgIpc) is 3.05. The number of nitrogens with zero attached hydrogens (tertiary/aromatic N) is 2. The van der Waals surface area contributed by atoms with E-state index in [0.717, 1.165) is 22.7 Å². The van der Waals surface area contributed by atoms with Gasteiger partial charge in [0, 0.05) is 11.9 Å². The number of hydrogen-bond donors (Lipinski definition) is 2. The normalized spacial score (nSPS) is 10.4. The standard InChI is InChI=1S/C19H19FN4OS/c1-2-25-18-9-7-16(8-10-18)22-19(26)23-17-11-21-24(13-17)12-14-3-5-15(20)6-4-14/h3-11,13H,2,12H2,1H3,(H2,22,23,26). The SMILES string of the molecule is CCOc1ccc(NC(=S)Nc2cnn(Cc3ccc(F)cc3)c2)cc1. The molecule has 2 N–H and O–H groups in total. The maximum atomic E-state index is 13.0. The fourth-order valence-corrected chi connectivity index (χ4v) is 2.62. The summed E-state index contributed by atoms with van der Waals surface area (Å²) in [6.07, 6.45) is 3.53. The number of ether oxygens (including phenoxy) is 1. The second-order valence-electron chi connectivity index (χ2n) is 5.59. The summed E-state index contributed by atoms with van der Waals surface area (Å²) in [7, 11) is 0. The van der Waals surface area contributed by atoms with Crippen LogP contribution in [0, 0.1) is 5.82 Å². The Morgan fingerprint density at radius 2 is 1.77 bits per heavy atom. The number of nitrogens with one attached hydrogen (secondary N) is 2. The highest BCUT2D eigenvalue weighted by atomic mass is 32.1. The van der Waals surface area contributed by atoms with Crippen molar-refractivity contribution >= 4 is 28.7 Å². The minimum Gasteiger partial charge on any atom is -0.494 e. The second-order valence-corrected chi connectivity index (χ2v) is 6.00. The van der Waals surface area contributed by atoms with Gasteiger partial charge in [-0.15, -0.1) is 0 Å². The molecule has 0 bridgehead atoms. The molecule has 2 aromatic carbocycles. The zero-order chi connectivity index (χ0) is 18.4. The van der Waals surface area contributed by atoms with Gasteiger partial charge in [0.25, 0.3) is 0 Å². The lowest BCUT2D eigenvalue weighted by atomic mass is 10.2. The van der Waals surface area contributed by atoms with Gasteiger partial charge < -0.3 is 15.4 Å². The molecule has 0 aliphatic heterocycles. The fourth-order valence-electron chi connectivity index (χ4n) is 2.39. The summed E-state index contributed by atoms with van der Waals surface area (Å²) >= 11 is 5.32. The molecule has 0 spiro atoms. The van der Waals surface area contributed by atoms with Gasteiger partial charge in [-0.3, -0.25) is 4.68 Å². The maximum absolute atomic E-state index is 13.0. The molecule has 0 fully saturated rings. The first-order chi connectivity index (χ1) is 12.6. The van der Waals surface area contributed by atoms with Crippen molar-refractivity contribution in [3.05, 3.63) is 72.3 Å². The minimum atomic E-state index is -0.248. The molecule has 0 atom stereocenters. The van der Waals surface area contributed by atoms with Crippen LogP contribution in [-0.2, 0) is 6.54 Å². The van der Waals surface area contributed by atoms with Crippen LogP contribution in [-0.4, -0.2) is 21.5 Å². The average molecular weight is 370 g/mol. The van der Waals surface area contributed by atoms with Crippen LogP contribution < -0.4 is 15.4 Å². The zero-order valence-electron chi connectivity index (χ0n) is 14.3. The summed E-state index contributed by atoms with van der Waals surface area (Å²) in [4.78, 5) is 0. The van der Waals surface area contributed by atoms with Crippen LogP contribution in [0.4, 0.5) is 15.8 Å². The van der Waals surface area contributed by atoms with Gasteiger partial charge in [-0.25, -0.2) is 4.39 Å². The summed E-state index contributed by atoms with van der Waals surface area (Å²) in [6, 6.07) is 13.9. The Labute approximate surface area is 156 Å². The van der Waals surface area contributed by atoms with E-state index in [1.54, 1.807) is 23.0 Å². The van der Waals surface area contributed by atoms with Gasteiger partial charge in [0.2, 0.25) is 0 Å². The van der Waals surface area contributed by atoms with Crippen LogP contribution in [0.25, 0.3) is 0 Å². The number of thiocarbonyl (C=S) groups is 1. The third-order valence-corrected chi connectivity index (χ3v) is 3.78. The molecule has 0 amide bonds. The predicted octanol–water partition coefficient (Wildman–Crippen LogP) is 4.28. The lowest BCUT2D eigenvalue weighted by molar-refractivity contribution is 0.340. The first kappa shape index (κ1) is 17.9. The number of benzene rings is 2.